The minimum Gasteiger partial charge on any atom is -0.407 e. The Bertz CT molecular complexity index is 634. The zero-order valence-electron chi connectivity index (χ0n) is 10.6. The molecule has 0 fully saturated rings. The van der Waals surface area contributed by atoms with Crippen molar-refractivity contribution in [3.63, 3.8) is 0 Å². The normalized spacial score (nSPS) is 10.6. The Morgan fingerprint density at radius 2 is 1.24 bits per heavy atom. The van der Waals surface area contributed by atoms with E-state index >= 15 is 0 Å². The topological polar surface area (TPSA) is 95.5 Å². The van der Waals surface area contributed by atoms with Crippen molar-refractivity contribution in [2.75, 3.05) is 0 Å². The van der Waals surface area contributed by atoms with Crippen molar-refractivity contribution in [3.8, 4) is 0 Å². The second kappa shape index (κ2) is 6.24. The smallest absolute Gasteiger partial charge is 0.275 e. The molecule has 0 atom stereocenters. The number of para-hydroxylation sites is 2. The highest BCUT2D eigenvalue weighted by atomic mass is 28.2. The maximum atomic E-state index is 11.1. The number of nitro benzene ring substituents is 2. The Labute approximate surface area is 123 Å². The van der Waals surface area contributed by atoms with Gasteiger partial charge < -0.3 is 4.43 Å². The molecule has 0 amide bonds. The van der Waals surface area contributed by atoms with Crippen molar-refractivity contribution in [1.82, 2.24) is 0 Å². The van der Waals surface area contributed by atoms with Gasteiger partial charge >= 0.3 is 0 Å². The SMILES string of the molecule is O=[N+]([O-])c1ccccc1C(O[Si])c1ccccc1[N+](=O)[O-]. The maximum Gasteiger partial charge on any atom is 0.275 e. The molecule has 2 rings (SSSR count). The predicted octanol–water partition coefficient (Wildman–Crippen LogP) is 2.69. The Hall–Kier alpha value is -2.58. The monoisotopic (exact) mass is 301 g/mol. The van der Waals surface area contributed by atoms with Gasteiger partial charge in [0.1, 0.15) is 6.10 Å². The summed E-state index contributed by atoms with van der Waals surface area (Å²) in [6.07, 6.45) is -0.968. The zero-order chi connectivity index (χ0) is 15.4. The molecule has 0 aliphatic carbocycles. The van der Waals surface area contributed by atoms with Crippen LogP contribution in [0.4, 0.5) is 11.4 Å². The first-order valence-corrected chi connectivity index (χ1v) is 6.26. The summed E-state index contributed by atoms with van der Waals surface area (Å²) in [4.78, 5) is 21.1. The first-order chi connectivity index (χ1) is 10.1. The van der Waals surface area contributed by atoms with Crippen LogP contribution in [0.1, 0.15) is 17.2 Å². The lowest BCUT2D eigenvalue weighted by molar-refractivity contribution is -0.387. The van der Waals surface area contributed by atoms with E-state index in [-0.39, 0.29) is 22.5 Å². The molecular weight excluding hydrogens is 292 g/mol. The van der Waals surface area contributed by atoms with E-state index in [0.717, 1.165) is 0 Å². The highest BCUT2D eigenvalue weighted by Gasteiger charge is 2.28. The van der Waals surface area contributed by atoms with Gasteiger partial charge in [-0.1, -0.05) is 24.3 Å². The highest BCUT2D eigenvalue weighted by molar-refractivity contribution is 5.98. The van der Waals surface area contributed by atoms with Crippen molar-refractivity contribution in [2.24, 2.45) is 0 Å². The molecule has 0 spiro atoms. The number of rotatable bonds is 5. The predicted molar refractivity (Wildman–Crippen MR) is 74.9 cm³/mol. The van der Waals surface area contributed by atoms with E-state index in [1.54, 1.807) is 12.1 Å². The molecule has 0 unspecified atom stereocenters. The average Bonchev–Trinajstić information content (AvgIpc) is 2.48. The van der Waals surface area contributed by atoms with E-state index in [9.17, 15) is 20.2 Å². The molecule has 8 heteroatoms. The lowest BCUT2D eigenvalue weighted by Crippen LogP contribution is -2.09. The molecular formula is C13H9N2O5Si. The Morgan fingerprint density at radius 1 is 0.857 bits per heavy atom. The van der Waals surface area contributed by atoms with Crippen molar-refractivity contribution in [3.05, 3.63) is 79.9 Å². The van der Waals surface area contributed by atoms with E-state index in [4.69, 9.17) is 4.43 Å². The quantitative estimate of drug-likeness (QED) is 0.480. The molecule has 7 nitrogen and oxygen atoms in total. The van der Waals surface area contributed by atoms with Crippen LogP contribution in [0.2, 0.25) is 0 Å². The van der Waals surface area contributed by atoms with Crippen LogP contribution in [-0.2, 0) is 4.43 Å². The number of benzene rings is 2. The van der Waals surface area contributed by atoms with Gasteiger partial charge in [0.2, 0.25) is 10.5 Å². The second-order valence-electron chi connectivity index (χ2n) is 4.13. The van der Waals surface area contributed by atoms with Crippen LogP contribution in [0.15, 0.2) is 48.5 Å². The van der Waals surface area contributed by atoms with E-state index in [1.807, 2.05) is 0 Å². The molecule has 0 saturated heterocycles. The summed E-state index contributed by atoms with van der Waals surface area (Å²) in [5.41, 5.74) is 0.122. The summed E-state index contributed by atoms with van der Waals surface area (Å²) in [6.45, 7) is 0. The van der Waals surface area contributed by atoms with E-state index in [0.29, 0.717) is 0 Å². The zero-order valence-corrected chi connectivity index (χ0v) is 11.6. The summed E-state index contributed by atoms with van der Waals surface area (Å²) in [5, 5.41) is 22.2. The fourth-order valence-corrected chi connectivity index (χ4v) is 2.30. The Morgan fingerprint density at radius 3 is 1.57 bits per heavy atom. The van der Waals surface area contributed by atoms with Crippen LogP contribution in [0.3, 0.4) is 0 Å². The summed E-state index contributed by atoms with van der Waals surface area (Å²) in [7, 11) is 2.86. The molecule has 0 aliphatic heterocycles. The molecule has 2 aromatic carbocycles. The van der Waals surface area contributed by atoms with Crippen molar-refractivity contribution < 1.29 is 14.3 Å². The molecule has 2 aromatic rings. The first-order valence-electron chi connectivity index (χ1n) is 5.85. The van der Waals surface area contributed by atoms with Gasteiger partial charge in [-0.25, -0.2) is 0 Å². The molecule has 0 N–H and O–H groups in total. The second-order valence-corrected chi connectivity index (χ2v) is 4.37. The van der Waals surface area contributed by atoms with Gasteiger partial charge in [0, 0.05) is 12.1 Å². The molecule has 0 bridgehead atoms. The van der Waals surface area contributed by atoms with Gasteiger partial charge in [-0.2, -0.15) is 0 Å². The highest BCUT2D eigenvalue weighted by Crippen LogP contribution is 2.36. The molecule has 0 heterocycles. The van der Waals surface area contributed by atoms with Gasteiger partial charge in [-0.15, -0.1) is 0 Å². The van der Waals surface area contributed by atoms with Crippen molar-refractivity contribution in [2.45, 2.75) is 6.10 Å². The van der Waals surface area contributed by atoms with Gasteiger partial charge in [0.25, 0.3) is 11.4 Å². The van der Waals surface area contributed by atoms with E-state index in [1.165, 1.54) is 36.4 Å². The minimum atomic E-state index is -0.968. The Balaban J connectivity index is 2.61. The van der Waals surface area contributed by atoms with E-state index < -0.39 is 16.0 Å². The third-order valence-corrected chi connectivity index (χ3v) is 3.19. The average molecular weight is 301 g/mol. The molecule has 21 heavy (non-hydrogen) atoms. The Kier molecular flexibility index (Phi) is 4.41. The van der Waals surface area contributed by atoms with Gasteiger partial charge in [-0.05, 0) is 12.1 Å². The van der Waals surface area contributed by atoms with Crippen LogP contribution in [0, 0.1) is 20.2 Å². The number of nitrogens with zero attached hydrogens (tertiary/aromatic N) is 2. The third-order valence-electron chi connectivity index (χ3n) is 2.95. The van der Waals surface area contributed by atoms with Crippen molar-refractivity contribution in [1.29, 1.82) is 0 Å². The third kappa shape index (κ3) is 2.96. The van der Waals surface area contributed by atoms with Gasteiger partial charge in [-0.3, -0.25) is 20.2 Å². The summed E-state index contributed by atoms with van der Waals surface area (Å²) >= 11 is 0. The summed E-state index contributed by atoms with van der Waals surface area (Å²) in [5.74, 6) is 0. The molecule has 0 aliphatic rings. The lowest BCUT2D eigenvalue weighted by atomic mass is 9.98. The molecule has 0 aromatic heterocycles. The van der Waals surface area contributed by atoms with Crippen LogP contribution in [0.25, 0.3) is 0 Å². The first kappa shape index (κ1) is 14.8. The summed E-state index contributed by atoms with van der Waals surface area (Å²) < 4.78 is 5.10. The molecule has 105 valence electrons. The lowest BCUT2D eigenvalue weighted by Gasteiger charge is -2.16. The fourth-order valence-electron chi connectivity index (χ4n) is 2.05. The van der Waals surface area contributed by atoms with Gasteiger partial charge in [0.15, 0.2) is 0 Å². The number of hydrogen-bond acceptors (Lipinski definition) is 5. The summed E-state index contributed by atoms with van der Waals surface area (Å²) in [6, 6.07) is 11.9. The van der Waals surface area contributed by atoms with E-state index in [2.05, 4.69) is 10.5 Å². The number of nitro groups is 2. The maximum absolute atomic E-state index is 11.1. The standard InChI is InChI=1S/C13H9N2O5Si/c16-14(17)11-7-3-1-5-9(11)13(20-21)10-6-2-4-8-12(10)15(18)19/h1-8,13H. The van der Waals surface area contributed by atoms with Gasteiger partial charge in [0.05, 0.1) is 21.0 Å². The number of hydrogen-bond donors (Lipinski definition) is 0. The van der Waals surface area contributed by atoms with Crippen molar-refractivity contribution >= 4 is 21.9 Å². The molecule has 0 saturated carbocycles. The molecule has 3 radical (unpaired) electrons. The van der Waals surface area contributed by atoms with Crippen LogP contribution >= 0.6 is 0 Å². The van der Waals surface area contributed by atoms with Crippen LogP contribution in [-0.4, -0.2) is 20.3 Å². The van der Waals surface area contributed by atoms with Crippen LogP contribution in [0.5, 0.6) is 0 Å². The fraction of sp³-hybridized carbons (Fsp3) is 0.0769. The van der Waals surface area contributed by atoms with Crippen LogP contribution < -0.4 is 0 Å². The largest absolute Gasteiger partial charge is 0.407 e. The minimum absolute atomic E-state index is 0.168.